The van der Waals surface area contributed by atoms with E-state index < -0.39 is 0 Å². The van der Waals surface area contributed by atoms with E-state index in [9.17, 15) is 0 Å². The maximum Gasteiger partial charge on any atom is 0.209 e. The maximum absolute atomic E-state index is 4.51. The van der Waals surface area contributed by atoms with E-state index in [2.05, 4.69) is 52.5 Å². The fourth-order valence-electron chi connectivity index (χ4n) is 1.73. The molecular weight excluding hydrogens is 370 g/mol. The molecule has 21 heavy (non-hydrogen) atoms. The molecule has 0 fully saturated rings. The second kappa shape index (κ2) is 6.67. The van der Waals surface area contributed by atoms with Gasteiger partial charge in [-0.2, -0.15) is 0 Å². The molecule has 0 amide bonds. The Labute approximate surface area is 138 Å². The maximum atomic E-state index is 4.51. The molecule has 0 aliphatic rings. The van der Waals surface area contributed by atoms with Gasteiger partial charge in [0.2, 0.25) is 5.16 Å². The van der Waals surface area contributed by atoms with Crippen molar-refractivity contribution in [1.82, 2.24) is 25.1 Å². The van der Waals surface area contributed by atoms with Crippen LogP contribution in [0.5, 0.6) is 0 Å². The lowest BCUT2D eigenvalue weighted by molar-refractivity contribution is 0.897. The monoisotopic (exact) mass is 381 g/mol. The van der Waals surface area contributed by atoms with Crippen LogP contribution in [0.2, 0.25) is 0 Å². The van der Waals surface area contributed by atoms with Gasteiger partial charge < -0.3 is 0 Å². The van der Waals surface area contributed by atoms with Gasteiger partial charge in [0.1, 0.15) is 11.6 Å². The molecule has 0 aliphatic carbocycles. The summed E-state index contributed by atoms with van der Waals surface area (Å²) >= 11 is 6.60. The quantitative estimate of drug-likeness (QED) is 0.679. The number of halogens is 1. The lowest BCUT2D eigenvalue weighted by Gasteiger charge is -2.06. The van der Waals surface area contributed by atoms with Crippen LogP contribution in [0.1, 0.15) is 28.7 Å². The SMILES string of the molecule is C[C@@H](Sc1n[nH]c(Cc2cccs2)n1)c1ncc(Br)cn1. The smallest absolute Gasteiger partial charge is 0.209 e. The number of nitrogens with one attached hydrogen (secondary N) is 1. The molecule has 0 spiro atoms. The van der Waals surface area contributed by atoms with Gasteiger partial charge in [0.15, 0.2) is 0 Å². The lowest BCUT2D eigenvalue weighted by atomic mass is 10.3. The first-order valence-corrected chi connectivity index (χ1v) is 8.83. The van der Waals surface area contributed by atoms with E-state index in [0.29, 0.717) is 0 Å². The van der Waals surface area contributed by atoms with Crippen LogP contribution in [0, 0.1) is 0 Å². The number of thiophene rings is 1. The zero-order valence-electron chi connectivity index (χ0n) is 11.2. The van der Waals surface area contributed by atoms with Crippen LogP contribution in [0.4, 0.5) is 0 Å². The van der Waals surface area contributed by atoms with Gasteiger partial charge in [-0.3, -0.25) is 5.10 Å². The molecule has 3 aromatic heterocycles. The molecule has 3 heterocycles. The topological polar surface area (TPSA) is 67.3 Å². The summed E-state index contributed by atoms with van der Waals surface area (Å²) in [7, 11) is 0. The molecule has 0 unspecified atom stereocenters. The third-order valence-electron chi connectivity index (χ3n) is 2.72. The van der Waals surface area contributed by atoms with Crippen molar-refractivity contribution in [3.05, 3.63) is 50.9 Å². The molecule has 0 radical (unpaired) electrons. The molecule has 1 N–H and O–H groups in total. The van der Waals surface area contributed by atoms with Crippen molar-refractivity contribution in [2.24, 2.45) is 0 Å². The third-order valence-corrected chi connectivity index (χ3v) is 4.96. The first-order chi connectivity index (χ1) is 10.2. The molecule has 0 saturated heterocycles. The molecule has 3 aromatic rings. The molecule has 0 aromatic carbocycles. The van der Waals surface area contributed by atoms with Crippen LogP contribution < -0.4 is 0 Å². The Bertz CT molecular complexity index is 696. The van der Waals surface area contributed by atoms with E-state index in [4.69, 9.17) is 0 Å². The average Bonchev–Trinajstić information content (AvgIpc) is 3.12. The molecule has 8 heteroatoms. The number of aromatic nitrogens is 5. The predicted molar refractivity (Wildman–Crippen MR) is 87.5 cm³/mol. The van der Waals surface area contributed by atoms with Gasteiger partial charge >= 0.3 is 0 Å². The zero-order valence-corrected chi connectivity index (χ0v) is 14.4. The summed E-state index contributed by atoms with van der Waals surface area (Å²) in [5.74, 6) is 1.65. The van der Waals surface area contributed by atoms with Gasteiger partial charge in [0.25, 0.3) is 0 Å². The Morgan fingerprint density at radius 2 is 2.19 bits per heavy atom. The number of aromatic amines is 1. The number of thioether (sulfide) groups is 1. The molecule has 0 bridgehead atoms. The summed E-state index contributed by atoms with van der Waals surface area (Å²) in [5.41, 5.74) is 0. The summed E-state index contributed by atoms with van der Waals surface area (Å²) in [4.78, 5) is 14.4. The molecular formula is C13H12BrN5S2. The van der Waals surface area contributed by atoms with E-state index in [-0.39, 0.29) is 5.25 Å². The zero-order chi connectivity index (χ0) is 14.7. The summed E-state index contributed by atoms with van der Waals surface area (Å²) in [5, 5.41) is 10.1. The Balaban J connectivity index is 1.65. The molecule has 0 saturated carbocycles. The number of hydrogen-bond acceptors (Lipinski definition) is 6. The van der Waals surface area contributed by atoms with E-state index >= 15 is 0 Å². The molecule has 0 aliphatic heterocycles. The van der Waals surface area contributed by atoms with Crippen molar-refractivity contribution in [2.45, 2.75) is 23.8 Å². The highest BCUT2D eigenvalue weighted by atomic mass is 79.9. The van der Waals surface area contributed by atoms with Crippen LogP contribution >= 0.6 is 39.0 Å². The number of rotatable bonds is 5. The van der Waals surface area contributed by atoms with Gasteiger partial charge in [-0.1, -0.05) is 17.8 Å². The van der Waals surface area contributed by atoms with Crippen molar-refractivity contribution >= 4 is 39.0 Å². The Morgan fingerprint density at radius 1 is 1.38 bits per heavy atom. The highest BCUT2D eigenvalue weighted by Crippen LogP contribution is 2.30. The van der Waals surface area contributed by atoms with Crippen LogP contribution in [0.25, 0.3) is 0 Å². The fourth-order valence-corrected chi connectivity index (χ4v) is 3.45. The van der Waals surface area contributed by atoms with Crippen molar-refractivity contribution in [2.75, 3.05) is 0 Å². The first-order valence-electron chi connectivity index (χ1n) is 6.28. The van der Waals surface area contributed by atoms with Gasteiger partial charge in [-0.15, -0.1) is 16.4 Å². The standard InChI is InChI=1S/C13H12BrN5S2/c1-8(12-15-6-9(14)7-16-12)21-13-17-11(18-19-13)5-10-3-2-4-20-10/h2-4,6-8H,5H2,1H3,(H,17,18,19)/t8-/m1/s1. The molecule has 5 nitrogen and oxygen atoms in total. The van der Waals surface area contributed by atoms with E-state index in [1.54, 1.807) is 35.5 Å². The highest BCUT2D eigenvalue weighted by Gasteiger charge is 2.14. The number of H-pyrrole nitrogens is 1. The average molecular weight is 382 g/mol. The molecule has 1 atom stereocenters. The van der Waals surface area contributed by atoms with Crippen LogP contribution in [-0.2, 0) is 6.42 Å². The van der Waals surface area contributed by atoms with E-state index in [0.717, 1.165) is 27.7 Å². The Kier molecular flexibility index (Phi) is 4.67. The van der Waals surface area contributed by atoms with Gasteiger partial charge in [0, 0.05) is 23.7 Å². The summed E-state index contributed by atoms with van der Waals surface area (Å²) < 4.78 is 0.875. The summed E-state index contributed by atoms with van der Waals surface area (Å²) in [6.07, 6.45) is 4.29. The largest absolute Gasteiger partial charge is 0.262 e. The van der Waals surface area contributed by atoms with Crippen molar-refractivity contribution < 1.29 is 0 Å². The highest BCUT2D eigenvalue weighted by molar-refractivity contribution is 9.10. The number of nitrogens with zero attached hydrogens (tertiary/aromatic N) is 4. The second-order valence-corrected chi connectivity index (χ2v) is 7.60. The third kappa shape index (κ3) is 3.90. The van der Waals surface area contributed by atoms with Crippen LogP contribution in [0.15, 0.2) is 39.5 Å². The van der Waals surface area contributed by atoms with Gasteiger partial charge in [0.05, 0.1) is 9.72 Å². The van der Waals surface area contributed by atoms with Crippen molar-refractivity contribution in [1.29, 1.82) is 0 Å². The Morgan fingerprint density at radius 3 is 2.90 bits per heavy atom. The molecule has 3 rings (SSSR count). The lowest BCUT2D eigenvalue weighted by Crippen LogP contribution is -1.97. The van der Waals surface area contributed by atoms with Crippen LogP contribution in [-0.4, -0.2) is 25.1 Å². The van der Waals surface area contributed by atoms with E-state index in [1.165, 1.54) is 4.88 Å². The summed E-state index contributed by atoms with van der Waals surface area (Å²) in [6.45, 7) is 2.04. The predicted octanol–water partition coefficient (Wildman–Crippen LogP) is 3.86. The minimum atomic E-state index is 0.100. The second-order valence-electron chi connectivity index (χ2n) is 4.34. The van der Waals surface area contributed by atoms with Crippen molar-refractivity contribution in [3.63, 3.8) is 0 Å². The summed E-state index contributed by atoms with van der Waals surface area (Å²) in [6, 6.07) is 4.14. The molecule has 108 valence electrons. The minimum absolute atomic E-state index is 0.100. The van der Waals surface area contributed by atoms with Gasteiger partial charge in [-0.25, -0.2) is 15.0 Å². The fraction of sp³-hybridized carbons (Fsp3) is 0.231. The van der Waals surface area contributed by atoms with Crippen molar-refractivity contribution in [3.8, 4) is 0 Å². The van der Waals surface area contributed by atoms with Gasteiger partial charge in [-0.05, 0) is 34.3 Å². The minimum Gasteiger partial charge on any atom is -0.262 e. The van der Waals surface area contributed by atoms with Crippen LogP contribution in [0.3, 0.4) is 0 Å². The Hall–Kier alpha value is -1.25. The first kappa shape index (κ1) is 14.7. The van der Waals surface area contributed by atoms with E-state index in [1.807, 2.05) is 13.0 Å². The normalized spacial score (nSPS) is 12.5. The number of hydrogen-bond donors (Lipinski definition) is 1.